The zero-order valence-electron chi connectivity index (χ0n) is 16.8. The molecule has 7 nitrogen and oxygen atoms in total. The standard InChI is InChI=1S/C20H31N3O4/c1-5-7-16-18(14(3)24)13(2)21-19(16)20(27)23-10-6-8-15(9-11-23)22(4)12-17(25)26/h15,21H,5-12H2,1-4H3,(H,25,26). The summed E-state index contributed by atoms with van der Waals surface area (Å²) in [5.41, 5.74) is 2.77. The Bertz CT molecular complexity index is 710. The van der Waals surface area contributed by atoms with E-state index < -0.39 is 5.97 Å². The number of ketones is 1. The van der Waals surface area contributed by atoms with Gasteiger partial charge in [0.05, 0.1) is 6.54 Å². The van der Waals surface area contributed by atoms with Gasteiger partial charge in [-0.2, -0.15) is 0 Å². The summed E-state index contributed by atoms with van der Waals surface area (Å²) in [5, 5.41) is 8.99. The molecule has 0 aliphatic carbocycles. The van der Waals surface area contributed by atoms with Gasteiger partial charge < -0.3 is 15.0 Å². The summed E-state index contributed by atoms with van der Waals surface area (Å²) in [6.45, 7) is 6.67. The number of likely N-dealkylation sites (N-methyl/N-ethyl adjacent to an activating group) is 1. The molecule has 150 valence electrons. The highest BCUT2D eigenvalue weighted by Crippen LogP contribution is 2.24. The molecule has 0 saturated carbocycles. The van der Waals surface area contributed by atoms with Crippen molar-refractivity contribution in [3.8, 4) is 0 Å². The SMILES string of the molecule is CCCc1c(C(=O)N2CCCC(N(C)CC(=O)O)CC2)[nH]c(C)c1C(C)=O. The lowest BCUT2D eigenvalue weighted by atomic mass is 10.0. The lowest BCUT2D eigenvalue weighted by Crippen LogP contribution is -2.37. The Morgan fingerprint density at radius 2 is 1.96 bits per heavy atom. The monoisotopic (exact) mass is 377 g/mol. The van der Waals surface area contributed by atoms with Crippen LogP contribution in [0.25, 0.3) is 0 Å². The average Bonchev–Trinajstić information content (AvgIpc) is 2.77. The van der Waals surface area contributed by atoms with Gasteiger partial charge in [-0.1, -0.05) is 13.3 Å². The molecule has 2 heterocycles. The maximum Gasteiger partial charge on any atom is 0.317 e. The van der Waals surface area contributed by atoms with Gasteiger partial charge in [0.2, 0.25) is 0 Å². The largest absolute Gasteiger partial charge is 0.480 e. The first-order chi connectivity index (χ1) is 12.8. The third kappa shape index (κ3) is 4.97. The van der Waals surface area contributed by atoms with E-state index in [1.54, 1.807) is 6.92 Å². The van der Waals surface area contributed by atoms with Crippen LogP contribution in [0.15, 0.2) is 0 Å². The van der Waals surface area contributed by atoms with Crippen molar-refractivity contribution >= 4 is 17.7 Å². The molecule has 1 aromatic heterocycles. The van der Waals surface area contributed by atoms with Crippen LogP contribution >= 0.6 is 0 Å². The minimum Gasteiger partial charge on any atom is -0.480 e. The van der Waals surface area contributed by atoms with Gasteiger partial charge in [-0.3, -0.25) is 19.3 Å². The highest BCUT2D eigenvalue weighted by atomic mass is 16.4. The Labute approximate surface area is 160 Å². The van der Waals surface area contributed by atoms with Crippen molar-refractivity contribution in [2.24, 2.45) is 0 Å². The summed E-state index contributed by atoms with van der Waals surface area (Å²) in [7, 11) is 1.82. The van der Waals surface area contributed by atoms with Crippen LogP contribution in [-0.2, 0) is 11.2 Å². The van der Waals surface area contributed by atoms with Gasteiger partial charge in [-0.25, -0.2) is 0 Å². The number of nitrogens with one attached hydrogen (secondary N) is 1. The van der Waals surface area contributed by atoms with E-state index >= 15 is 0 Å². The topological polar surface area (TPSA) is 93.7 Å². The van der Waals surface area contributed by atoms with E-state index in [4.69, 9.17) is 5.11 Å². The number of nitrogens with zero attached hydrogens (tertiary/aromatic N) is 2. The summed E-state index contributed by atoms with van der Waals surface area (Å²) < 4.78 is 0. The van der Waals surface area contributed by atoms with Crippen LogP contribution in [0.4, 0.5) is 0 Å². The molecule has 0 aromatic carbocycles. The van der Waals surface area contributed by atoms with E-state index in [2.05, 4.69) is 4.98 Å². The molecular formula is C20H31N3O4. The van der Waals surface area contributed by atoms with Gasteiger partial charge in [0.1, 0.15) is 5.69 Å². The fraction of sp³-hybridized carbons (Fsp3) is 0.650. The Hall–Kier alpha value is -2.15. The first-order valence-corrected chi connectivity index (χ1v) is 9.69. The number of likely N-dealkylation sites (tertiary alicyclic amines) is 1. The van der Waals surface area contributed by atoms with Crippen LogP contribution in [0.3, 0.4) is 0 Å². The Balaban J connectivity index is 2.17. The molecule has 1 amide bonds. The maximum absolute atomic E-state index is 13.2. The zero-order chi connectivity index (χ0) is 20.1. The number of aryl methyl sites for hydroxylation is 1. The Morgan fingerprint density at radius 3 is 2.56 bits per heavy atom. The second kappa shape index (κ2) is 9.17. The number of carbonyl (C=O) groups is 3. The predicted molar refractivity (Wildman–Crippen MR) is 103 cm³/mol. The van der Waals surface area contributed by atoms with Gasteiger partial charge in [-0.05, 0) is 52.1 Å². The highest BCUT2D eigenvalue weighted by Gasteiger charge is 2.28. The quantitative estimate of drug-likeness (QED) is 0.712. The summed E-state index contributed by atoms with van der Waals surface area (Å²) in [4.78, 5) is 43.0. The normalized spacial score (nSPS) is 17.8. The molecule has 1 fully saturated rings. The van der Waals surface area contributed by atoms with Crippen molar-refractivity contribution < 1.29 is 19.5 Å². The number of hydrogen-bond acceptors (Lipinski definition) is 4. The molecule has 2 rings (SSSR count). The van der Waals surface area contributed by atoms with Crippen molar-refractivity contribution in [1.82, 2.24) is 14.8 Å². The number of carbonyl (C=O) groups excluding carboxylic acids is 2. The number of H-pyrrole nitrogens is 1. The van der Waals surface area contributed by atoms with E-state index in [9.17, 15) is 14.4 Å². The van der Waals surface area contributed by atoms with Crippen LogP contribution in [0, 0.1) is 6.92 Å². The molecule has 0 spiro atoms. The number of hydrogen-bond donors (Lipinski definition) is 2. The molecule has 1 aliphatic rings. The smallest absolute Gasteiger partial charge is 0.317 e. The van der Waals surface area contributed by atoms with E-state index in [0.29, 0.717) is 30.8 Å². The van der Waals surface area contributed by atoms with E-state index in [-0.39, 0.29) is 24.3 Å². The van der Waals surface area contributed by atoms with E-state index in [1.807, 2.05) is 30.7 Å². The summed E-state index contributed by atoms with van der Waals surface area (Å²) in [6.07, 6.45) is 4.01. The Morgan fingerprint density at radius 1 is 1.26 bits per heavy atom. The van der Waals surface area contributed by atoms with Crippen molar-refractivity contribution in [3.63, 3.8) is 0 Å². The van der Waals surface area contributed by atoms with Crippen LogP contribution < -0.4 is 0 Å². The number of aromatic amines is 1. The second-order valence-electron chi connectivity index (χ2n) is 7.47. The molecule has 1 unspecified atom stereocenters. The lowest BCUT2D eigenvalue weighted by Gasteiger charge is -2.25. The molecule has 1 aliphatic heterocycles. The van der Waals surface area contributed by atoms with Gasteiger partial charge in [-0.15, -0.1) is 0 Å². The third-order valence-corrected chi connectivity index (χ3v) is 5.35. The average molecular weight is 377 g/mol. The van der Waals surface area contributed by atoms with Crippen LogP contribution in [0.2, 0.25) is 0 Å². The van der Waals surface area contributed by atoms with E-state index in [1.165, 1.54) is 0 Å². The minimum atomic E-state index is -0.836. The molecule has 1 atom stereocenters. The number of carboxylic acid groups (broad SMARTS) is 1. The fourth-order valence-corrected chi connectivity index (χ4v) is 4.06. The van der Waals surface area contributed by atoms with Gasteiger partial charge in [0.25, 0.3) is 5.91 Å². The van der Waals surface area contributed by atoms with Gasteiger partial charge in [0.15, 0.2) is 5.78 Å². The van der Waals surface area contributed by atoms with Gasteiger partial charge in [0, 0.05) is 30.4 Å². The second-order valence-corrected chi connectivity index (χ2v) is 7.47. The van der Waals surface area contributed by atoms with Crippen molar-refractivity contribution in [1.29, 1.82) is 0 Å². The number of Topliss-reactive ketones (excluding diaryl/α,β-unsaturated/α-hetero) is 1. The molecule has 0 bridgehead atoms. The third-order valence-electron chi connectivity index (χ3n) is 5.35. The zero-order valence-corrected chi connectivity index (χ0v) is 16.8. The number of amides is 1. The number of aromatic nitrogens is 1. The lowest BCUT2D eigenvalue weighted by molar-refractivity contribution is -0.138. The first-order valence-electron chi connectivity index (χ1n) is 9.69. The first kappa shape index (κ1) is 21.2. The minimum absolute atomic E-state index is 0.0110. The molecule has 1 saturated heterocycles. The van der Waals surface area contributed by atoms with Gasteiger partial charge >= 0.3 is 5.97 Å². The molecular weight excluding hydrogens is 346 g/mol. The highest BCUT2D eigenvalue weighted by molar-refractivity contribution is 6.02. The Kier molecular flexibility index (Phi) is 7.18. The fourth-order valence-electron chi connectivity index (χ4n) is 4.06. The molecule has 7 heteroatoms. The summed E-state index contributed by atoms with van der Waals surface area (Å²) in [5.74, 6) is -0.912. The van der Waals surface area contributed by atoms with E-state index in [0.717, 1.165) is 36.9 Å². The van der Waals surface area contributed by atoms with Crippen molar-refractivity contribution in [3.05, 3.63) is 22.5 Å². The van der Waals surface area contributed by atoms with Crippen molar-refractivity contribution in [2.75, 3.05) is 26.7 Å². The molecule has 27 heavy (non-hydrogen) atoms. The van der Waals surface area contributed by atoms with Crippen LogP contribution in [0.5, 0.6) is 0 Å². The summed E-state index contributed by atoms with van der Waals surface area (Å²) >= 11 is 0. The molecule has 2 N–H and O–H groups in total. The molecule has 1 aromatic rings. The number of aliphatic carboxylic acids is 1. The summed E-state index contributed by atoms with van der Waals surface area (Å²) in [6, 6.07) is 0.159. The number of carboxylic acids is 1. The predicted octanol–water partition coefficient (Wildman–Crippen LogP) is 2.49. The maximum atomic E-state index is 13.2. The molecule has 0 radical (unpaired) electrons. The van der Waals surface area contributed by atoms with Crippen molar-refractivity contribution in [2.45, 2.75) is 58.9 Å². The number of rotatable bonds is 7. The van der Waals surface area contributed by atoms with Crippen LogP contribution in [0.1, 0.15) is 71.6 Å². The van der Waals surface area contributed by atoms with Crippen LogP contribution in [-0.4, -0.2) is 70.3 Å².